The maximum absolute atomic E-state index is 12.3. The molecule has 0 bridgehead atoms. The second-order valence-electron chi connectivity index (χ2n) is 8.40. The Hall–Kier alpha value is -2.77. The fraction of sp³-hybridized carbons (Fsp3) is 0.417. The van der Waals surface area contributed by atoms with Gasteiger partial charge in [0, 0.05) is 23.6 Å². The highest BCUT2D eigenvalue weighted by Gasteiger charge is 2.49. The molecule has 2 aromatic carbocycles. The predicted molar refractivity (Wildman–Crippen MR) is 127 cm³/mol. The fourth-order valence-electron chi connectivity index (χ4n) is 5.03. The number of para-hydroxylation sites is 1. The standard InChI is InChI=1S/C24H29ClN4O3/c1-29-13-12-24(16-8-9-20(31-2)21(14-16)32-3)11-10-17(15-22(24)29)27-28-23(30)26-19-7-5-4-6-18(19)25/h4-9,14,22H,10-13,15H2,1-3H3,(H2,26,28,30)/b27-17-/t22-,24-/m0/s1. The zero-order chi connectivity index (χ0) is 22.7. The summed E-state index contributed by atoms with van der Waals surface area (Å²) in [6.07, 6.45) is 3.67. The minimum absolute atomic E-state index is 0.0349. The van der Waals surface area contributed by atoms with Gasteiger partial charge in [-0.2, -0.15) is 5.10 Å². The summed E-state index contributed by atoms with van der Waals surface area (Å²) in [7, 11) is 5.48. The monoisotopic (exact) mass is 456 g/mol. The van der Waals surface area contributed by atoms with E-state index in [0.717, 1.165) is 49.4 Å². The van der Waals surface area contributed by atoms with Crippen molar-refractivity contribution in [3.63, 3.8) is 0 Å². The van der Waals surface area contributed by atoms with E-state index in [1.54, 1.807) is 26.4 Å². The number of rotatable bonds is 5. The molecule has 0 spiro atoms. The molecule has 2 amide bonds. The summed E-state index contributed by atoms with van der Waals surface area (Å²) >= 11 is 6.11. The topological polar surface area (TPSA) is 75.2 Å². The van der Waals surface area contributed by atoms with Crippen molar-refractivity contribution in [2.24, 2.45) is 5.10 Å². The summed E-state index contributed by atoms with van der Waals surface area (Å²) in [5, 5.41) is 7.65. The van der Waals surface area contributed by atoms with E-state index in [-0.39, 0.29) is 5.41 Å². The van der Waals surface area contributed by atoms with Gasteiger partial charge in [0.05, 0.1) is 24.9 Å². The maximum Gasteiger partial charge on any atom is 0.339 e. The average Bonchev–Trinajstić information content (AvgIpc) is 3.15. The molecule has 1 saturated carbocycles. The minimum atomic E-state index is -0.401. The number of hydrogen-bond donors (Lipinski definition) is 2. The summed E-state index contributed by atoms with van der Waals surface area (Å²) in [6, 6.07) is 13.3. The molecule has 8 heteroatoms. The van der Waals surface area contributed by atoms with Gasteiger partial charge in [-0.25, -0.2) is 10.2 Å². The van der Waals surface area contributed by atoms with Crippen LogP contribution in [0.4, 0.5) is 10.5 Å². The van der Waals surface area contributed by atoms with Crippen molar-refractivity contribution < 1.29 is 14.3 Å². The Morgan fingerprint density at radius 3 is 2.69 bits per heavy atom. The molecule has 2 N–H and O–H groups in total. The largest absolute Gasteiger partial charge is 0.493 e. The van der Waals surface area contributed by atoms with Gasteiger partial charge in [0.1, 0.15) is 0 Å². The van der Waals surface area contributed by atoms with Gasteiger partial charge >= 0.3 is 6.03 Å². The Labute approximate surface area is 193 Å². The van der Waals surface area contributed by atoms with Crippen molar-refractivity contribution in [2.75, 3.05) is 33.1 Å². The number of hydrogen-bond acceptors (Lipinski definition) is 5. The van der Waals surface area contributed by atoms with Crippen LogP contribution in [-0.4, -0.2) is 50.5 Å². The van der Waals surface area contributed by atoms with E-state index in [9.17, 15) is 4.79 Å². The van der Waals surface area contributed by atoms with Crippen LogP contribution < -0.4 is 20.2 Å². The van der Waals surface area contributed by atoms with Crippen LogP contribution in [0.15, 0.2) is 47.6 Å². The van der Waals surface area contributed by atoms with E-state index < -0.39 is 6.03 Å². The molecule has 0 radical (unpaired) electrons. The number of benzene rings is 2. The fourth-order valence-corrected chi connectivity index (χ4v) is 5.21. The van der Waals surface area contributed by atoms with Gasteiger partial charge in [0.15, 0.2) is 11.5 Å². The Morgan fingerprint density at radius 1 is 1.16 bits per heavy atom. The second kappa shape index (κ2) is 9.38. The number of nitrogens with zero attached hydrogens (tertiary/aromatic N) is 2. The molecule has 2 fully saturated rings. The number of hydrazone groups is 1. The highest BCUT2D eigenvalue weighted by molar-refractivity contribution is 6.33. The predicted octanol–water partition coefficient (Wildman–Crippen LogP) is 4.66. The molecule has 1 saturated heterocycles. The zero-order valence-electron chi connectivity index (χ0n) is 18.7. The first kappa shape index (κ1) is 22.4. The number of methoxy groups -OCH3 is 2. The van der Waals surface area contributed by atoms with Crippen molar-refractivity contribution in [3.05, 3.63) is 53.1 Å². The number of halogens is 1. The maximum atomic E-state index is 12.3. The van der Waals surface area contributed by atoms with Gasteiger partial charge in [0.25, 0.3) is 0 Å². The summed E-state index contributed by atoms with van der Waals surface area (Å²) in [5.41, 5.74) is 5.49. The number of likely N-dealkylation sites (N-methyl/N-ethyl adjacent to an activating group) is 1. The summed E-state index contributed by atoms with van der Waals surface area (Å²) in [5.74, 6) is 1.49. The van der Waals surface area contributed by atoms with Crippen LogP contribution in [0.2, 0.25) is 5.02 Å². The molecular weight excluding hydrogens is 428 g/mol. The van der Waals surface area contributed by atoms with E-state index in [0.29, 0.717) is 16.8 Å². The van der Waals surface area contributed by atoms with Gasteiger partial charge in [-0.05, 0) is 62.7 Å². The number of likely N-dealkylation sites (tertiary alicyclic amines) is 1. The summed E-state index contributed by atoms with van der Waals surface area (Å²) < 4.78 is 11.0. The van der Waals surface area contributed by atoms with Crippen LogP contribution in [0.5, 0.6) is 11.5 Å². The molecule has 32 heavy (non-hydrogen) atoms. The number of amides is 2. The molecule has 2 aliphatic rings. The van der Waals surface area contributed by atoms with Gasteiger partial charge in [-0.15, -0.1) is 0 Å². The molecule has 1 heterocycles. The lowest BCUT2D eigenvalue weighted by Crippen LogP contribution is -2.46. The molecule has 0 aromatic heterocycles. The number of carbonyl (C=O) groups is 1. The van der Waals surface area contributed by atoms with Crippen molar-refractivity contribution in [3.8, 4) is 11.5 Å². The lowest BCUT2D eigenvalue weighted by Gasteiger charge is -2.42. The SMILES string of the molecule is COc1ccc([C@@]23CC/C(=N/NC(=O)Nc4ccccc4Cl)C[C@@H]2N(C)CC3)cc1OC. The third-order valence-electron chi connectivity index (χ3n) is 6.77. The molecule has 2 atom stereocenters. The first-order valence-corrected chi connectivity index (χ1v) is 11.1. The van der Waals surface area contributed by atoms with Crippen molar-refractivity contribution >= 4 is 29.0 Å². The van der Waals surface area contributed by atoms with Crippen molar-refractivity contribution in [1.82, 2.24) is 10.3 Å². The van der Waals surface area contributed by atoms with Gasteiger partial charge in [0.2, 0.25) is 0 Å². The van der Waals surface area contributed by atoms with E-state index in [1.807, 2.05) is 18.2 Å². The van der Waals surface area contributed by atoms with Gasteiger partial charge in [-0.1, -0.05) is 29.8 Å². The molecule has 2 aromatic rings. The highest BCUT2D eigenvalue weighted by Crippen LogP contribution is 2.49. The van der Waals surface area contributed by atoms with Crippen LogP contribution in [0.1, 0.15) is 31.2 Å². The van der Waals surface area contributed by atoms with Gasteiger partial charge in [-0.3, -0.25) is 0 Å². The minimum Gasteiger partial charge on any atom is -0.493 e. The smallest absolute Gasteiger partial charge is 0.339 e. The third kappa shape index (κ3) is 4.27. The van der Waals surface area contributed by atoms with E-state index in [4.69, 9.17) is 21.1 Å². The number of carbonyl (C=O) groups excluding carboxylic acids is 1. The molecule has 1 aliphatic carbocycles. The van der Waals surface area contributed by atoms with E-state index in [2.05, 4.69) is 39.9 Å². The number of nitrogens with one attached hydrogen (secondary N) is 2. The second-order valence-corrected chi connectivity index (χ2v) is 8.81. The Balaban J connectivity index is 1.49. The zero-order valence-corrected chi connectivity index (χ0v) is 19.4. The number of ether oxygens (including phenoxy) is 2. The molecule has 7 nitrogen and oxygen atoms in total. The normalized spacial score (nSPS) is 24.1. The number of fused-ring (bicyclic) bond motifs is 1. The van der Waals surface area contributed by atoms with Gasteiger partial charge < -0.3 is 19.7 Å². The third-order valence-corrected chi connectivity index (χ3v) is 7.09. The lowest BCUT2D eigenvalue weighted by molar-refractivity contribution is 0.225. The van der Waals surface area contributed by atoms with E-state index in [1.165, 1.54) is 5.56 Å². The lowest BCUT2D eigenvalue weighted by atomic mass is 9.65. The quantitative estimate of drug-likeness (QED) is 0.641. The van der Waals surface area contributed by atoms with Crippen LogP contribution in [0.25, 0.3) is 0 Å². The van der Waals surface area contributed by atoms with Crippen molar-refractivity contribution in [1.29, 1.82) is 0 Å². The molecule has 4 rings (SSSR count). The Morgan fingerprint density at radius 2 is 1.94 bits per heavy atom. The van der Waals surface area contributed by atoms with Crippen LogP contribution in [-0.2, 0) is 5.41 Å². The summed E-state index contributed by atoms with van der Waals surface area (Å²) in [4.78, 5) is 14.7. The number of anilines is 1. The molecular formula is C24H29ClN4O3. The molecule has 170 valence electrons. The Bertz CT molecular complexity index is 1030. The molecule has 0 unspecified atom stereocenters. The molecule has 1 aliphatic heterocycles. The van der Waals surface area contributed by atoms with Crippen LogP contribution in [0.3, 0.4) is 0 Å². The van der Waals surface area contributed by atoms with Crippen molar-refractivity contribution in [2.45, 2.75) is 37.1 Å². The highest BCUT2D eigenvalue weighted by atomic mass is 35.5. The number of urea groups is 1. The Kier molecular flexibility index (Phi) is 6.58. The van der Waals surface area contributed by atoms with Crippen LogP contribution >= 0.6 is 11.6 Å². The average molecular weight is 457 g/mol. The summed E-state index contributed by atoms with van der Waals surface area (Å²) in [6.45, 7) is 1.02. The van der Waals surface area contributed by atoms with Crippen LogP contribution in [0, 0.1) is 0 Å². The van der Waals surface area contributed by atoms with E-state index >= 15 is 0 Å². The first-order valence-electron chi connectivity index (χ1n) is 10.8. The first-order chi connectivity index (χ1) is 15.5.